The molecule has 8 heteroatoms. The first kappa shape index (κ1) is 19.5. The summed E-state index contributed by atoms with van der Waals surface area (Å²) in [6.45, 7) is 2.79. The number of aromatic nitrogens is 2. The molecule has 27 heavy (non-hydrogen) atoms. The standard InChI is InChI=1S/C19H16Cl3N3O2/c1-2-27-13-8-6-12(7-9-13)19(26)23-18-17(22)11-25(24-18)10-14-15(20)4-3-5-16(14)21/h3-9,11H,2,10H2,1H3,(H,23,24,26). The molecule has 0 saturated carbocycles. The van der Waals surface area contributed by atoms with Crippen LogP contribution in [0.15, 0.2) is 48.7 Å². The van der Waals surface area contributed by atoms with Crippen LogP contribution in [0.2, 0.25) is 15.1 Å². The van der Waals surface area contributed by atoms with Crippen molar-refractivity contribution in [1.82, 2.24) is 9.78 Å². The Morgan fingerprint density at radius 2 is 1.74 bits per heavy atom. The Morgan fingerprint density at radius 3 is 2.37 bits per heavy atom. The molecule has 3 aromatic rings. The van der Waals surface area contributed by atoms with Gasteiger partial charge in [-0.15, -0.1) is 0 Å². The van der Waals surface area contributed by atoms with Gasteiger partial charge in [0.05, 0.1) is 13.2 Å². The number of hydrogen-bond acceptors (Lipinski definition) is 3. The van der Waals surface area contributed by atoms with E-state index in [0.717, 1.165) is 5.56 Å². The van der Waals surface area contributed by atoms with E-state index in [1.54, 1.807) is 53.3 Å². The number of carbonyl (C=O) groups is 1. The average Bonchev–Trinajstić information content (AvgIpc) is 2.98. The van der Waals surface area contributed by atoms with E-state index < -0.39 is 0 Å². The average molecular weight is 425 g/mol. The highest BCUT2D eigenvalue weighted by Crippen LogP contribution is 2.27. The third-order valence-corrected chi connectivity index (χ3v) is 4.74. The first-order chi connectivity index (χ1) is 13.0. The van der Waals surface area contributed by atoms with Crippen LogP contribution in [0.25, 0.3) is 0 Å². The maximum absolute atomic E-state index is 12.4. The highest BCUT2D eigenvalue weighted by molar-refractivity contribution is 6.36. The van der Waals surface area contributed by atoms with E-state index >= 15 is 0 Å². The summed E-state index contributed by atoms with van der Waals surface area (Å²) in [6, 6.07) is 12.1. The van der Waals surface area contributed by atoms with Crippen molar-refractivity contribution >= 4 is 46.5 Å². The number of halogens is 3. The predicted molar refractivity (Wildman–Crippen MR) is 108 cm³/mol. The number of hydrogen-bond donors (Lipinski definition) is 1. The highest BCUT2D eigenvalue weighted by atomic mass is 35.5. The zero-order valence-electron chi connectivity index (χ0n) is 14.4. The Morgan fingerprint density at radius 1 is 1.07 bits per heavy atom. The quantitative estimate of drug-likeness (QED) is 0.565. The fraction of sp³-hybridized carbons (Fsp3) is 0.158. The summed E-state index contributed by atoms with van der Waals surface area (Å²) in [7, 11) is 0. The molecule has 0 aliphatic rings. The number of benzene rings is 2. The number of carbonyl (C=O) groups excluding carboxylic acids is 1. The van der Waals surface area contributed by atoms with Crippen LogP contribution in [0.3, 0.4) is 0 Å². The molecule has 1 amide bonds. The summed E-state index contributed by atoms with van der Waals surface area (Å²) in [5, 5.41) is 8.40. The summed E-state index contributed by atoms with van der Waals surface area (Å²) >= 11 is 18.6. The molecule has 1 heterocycles. The van der Waals surface area contributed by atoms with Crippen LogP contribution in [0.4, 0.5) is 5.82 Å². The molecule has 0 radical (unpaired) electrons. The van der Waals surface area contributed by atoms with Gasteiger partial charge in [0.15, 0.2) is 5.82 Å². The third kappa shape index (κ3) is 4.75. The van der Waals surface area contributed by atoms with Gasteiger partial charge in [0.1, 0.15) is 10.8 Å². The number of amides is 1. The monoisotopic (exact) mass is 423 g/mol. The summed E-state index contributed by atoms with van der Waals surface area (Å²) in [4.78, 5) is 12.4. The molecule has 5 nitrogen and oxygen atoms in total. The highest BCUT2D eigenvalue weighted by Gasteiger charge is 2.14. The van der Waals surface area contributed by atoms with E-state index in [0.29, 0.717) is 39.5 Å². The second-order valence-corrected chi connectivity index (χ2v) is 6.86. The van der Waals surface area contributed by atoms with Crippen molar-refractivity contribution in [2.45, 2.75) is 13.5 Å². The van der Waals surface area contributed by atoms with Crippen LogP contribution in [-0.4, -0.2) is 22.3 Å². The molecule has 1 N–H and O–H groups in total. The molecule has 0 bridgehead atoms. The van der Waals surface area contributed by atoms with E-state index in [2.05, 4.69) is 10.4 Å². The molecule has 0 spiro atoms. The Hall–Kier alpha value is -2.21. The van der Waals surface area contributed by atoms with E-state index in [1.807, 2.05) is 6.92 Å². The molecule has 140 valence electrons. The van der Waals surface area contributed by atoms with Crippen LogP contribution in [0.5, 0.6) is 5.75 Å². The molecular weight excluding hydrogens is 409 g/mol. The van der Waals surface area contributed by atoms with Crippen LogP contribution in [0, 0.1) is 0 Å². The van der Waals surface area contributed by atoms with Gasteiger partial charge in [-0.2, -0.15) is 5.10 Å². The fourth-order valence-electron chi connectivity index (χ4n) is 2.46. The van der Waals surface area contributed by atoms with Crippen LogP contribution < -0.4 is 10.1 Å². The van der Waals surface area contributed by atoms with E-state index in [1.165, 1.54) is 0 Å². The van der Waals surface area contributed by atoms with Crippen molar-refractivity contribution in [3.63, 3.8) is 0 Å². The van der Waals surface area contributed by atoms with Crippen molar-refractivity contribution in [2.75, 3.05) is 11.9 Å². The van der Waals surface area contributed by atoms with Gasteiger partial charge in [0.25, 0.3) is 5.91 Å². The maximum Gasteiger partial charge on any atom is 0.256 e. The largest absolute Gasteiger partial charge is 0.494 e. The van der Waals surface area contributed by atoms with Gasteiger partial charge in [0.2, 0.25) is 0 Å². The Kier molecular flexibility index (Phi) is 6.26. The van der Waals surface area contributed by atoms with E-state index in [9.17, 15) is 4.79 Å². The Bertz CT molecular complexity index is 935. The Balaban J connectivity index is 1.73. The zero-order valence-corrected chi connectivity index (χ0v) is 16.6. The van der Waals surface area contributed by atoms with Crippen LogP contribution in [-0.2, 0) is 6.54 Å². The minimum absolute atomic E-state index is 0.263. The van der Waals surface area contributed by atoms with Crippen molar-refractivity contribution in [2.24, 2.45) is 0 Å². The summed E-state index contributed by atoms with van der Waals surface area (Å²) < 4.78 is 6.94. The molecule has 2 aromatic carbocycles. The smallest absolute Gasteiger partial charge is 0.256 e. The molecular formula is C19H16Cl3N3O2. The minimum atomic E-state index is -0.319. The van der Waals surface area contributed by atoms with Gasteiger partial charge < -0.3 is 10.1 Å². The lowest BCUT2D eigenvalue weighted by atomic mass is 10.2. The number of ether oxygens (including phenoxy) is 1. The van der Waals surface area contributed by atoms with Crippen molar-refractivity contribution in [3.05, 3.63) is 74.9 Å². The van der Waals surface area contributed by atoms with Crippen molar-refractivity contribution < 1.29 is 9.53 Å². The number of rotatable bonds is 6. The first-order valence-corrected chi connectivity index (χ1v) is 9.31. The fourth-order valence-corrected chi connectivity index (χ4v) is 3.17. The molecule has 0 unspecified atom stereocenters. The number of nitrogens with one attached hydrogen (secondary N) is 1. The van der Waals surface area contributed by atoms with Gasteiger partial charge >= 0.3 is 0 Å². The second-order valence-electron chi connectivity index (χ2n) is 5.63. The summed E-state index contributed by atoms with van der Waals surface area (Å²) in [5.41, 5.74) is 1.20. The lowest BCUT2D eigenvalue weighted by Crippen LogP contribution is -2.13. The van der Waals surface area contributed by atoms with Gasteiger partial charge in [-0.05, 0) is 43.3 Å². The molecule has 0 aliphatic carbocycles. The van der Waals surface area contributed by atoms with Crippen molar-refractivity contribution in [3.8, 4) is 5.75 Å². The molecule has 0 saturated heterocycles. The molecule has 0 fully saturated rings. The molecule has 0 atom stereocenters. The Labute approximate surface area is 171 Å². The second kappa shape index (κ2) is 8.65. The maximum atomic E-state index is 12.4. The van der Waals surface area contributed by atoms with Gasteiger partial charge in [-0.25, -0.2) is 0 Å². The lowest BCUT2D eigenvalue weighted by Gasteiger charge is -2.07. The minimum Gasteiger partial charge on any atom is -0.494 e. The molecule has 3 rings (SSSR count). The predicted octanol–water partition coefficient (Wildman–Crippen LogP) is 5.54. The normalized spacial score (nSPS) is 10.7. The van der Waals surface area contributed by atoms with E-state index in [-0.39, 0.29) is 11.7 Å². The van der Waals surface area contributed by atoms with Crippen molar-refractivity contribution in [1.29, 1.82) is 0 Å². The third-order valence-electron chi connectivity index (χ3n) is 3.76. The topological polar surface area (TPSA) is 56.1 Å². The number of nitrogens with zero attached hydrogens (tertiary/aromatic N) is 2. The van der Waals surface area contributed by atoms with E-state index in [4.69, 9.17) is 39.5 Å². The lowest BCUT2D eigenvalue weighted by molar-refractivity contribution is 0.102. The molecule has 1 aromatic heterocycles. The van der Waals surface area contributed by atoms with Gasteiger partial charge in [-0.3, -0.25) is 9.48 Å². The SMILES string of the molecule is CCOc1ccc(C(=O)Nc2nn(Cc3c(Cl)cccc3Cl)cc2Cl)cc1. The van der Waals surface area contributed by atoms with Gasteiger partial charge in [0, 0.05) is 27.4 Å². The van der Waals surface area contributed by atoms with Gasteiger partial charge in [-0.1, -0.05) is 40.9 Å². The zero-order chi connectivity index (χ0) is 19.4. The summed E-state index contributed by atoms with van der Waals surface area (Å²) in [6.07, 6.45) is 1.61. The molecule has 0 aliphatic heterocycles. The summed E-state index contributed by atoms with van der Waals surface area (Å²) in [5.74, 6) is 0.646. The van der Waals surface area contributed by atoms with Crippen LogP contribution >= 0.6 is 34.8 Å². The van der Waals surface area contributed by atoms with Crippen LogP contribution in [0.1, 0.15) is 22.8 Å². The number of anilines is 1. The first-order valence-electron chi connectivity index (χ1n) is 8.18.